The van der Waals surface area contributed by atoms with E-state index in [1.807, 2.05) is 23.9 Å². The van der Waals surface area contributed by atoms with Crippen LogP contribution in [0.4, 0.5) is 5.69 Å². The van der Waals surface area contributed by atoms with Gasteiger partial charge in [-0.3, -0.25) is 4.79 Å². The number of anilines is 1. The number of carbonyl (C=O) groups is 1. The van der Waals surface area contributed by atoms with Crippen molar-refractivity contribution in [2.24, 2.45) is 0 Å². The summed E-state index contributed by atoms with van der Waals surface area (Å²) in [7, 11) is 0. The Morgan fingerprint density at radius 3 is 2.77 bits per heavy atom. The van der Waals surface area contributed by atoms with E-state index in [1.54, 1.807) is 0 Å². The van der Waals surface area contributed by atoms with Gasteiger partial charge in [0.15, 0.2) is 0 Å². The molecule has 1 amide bonds. The van der Waals surface area contributed by atoms with E-state index in [0.717, 1.165) is 44.0 Å². The maximum absolute atomic E-state index is 12.3. The Labute approximate surface area is 138 Å². The van der Waals surface area contributed by atoms with Crippen LogP contribution in [0.1, 0.15) is 31.1 Å². The molecule has 0 atom stereocenters. The molecular weight excluding hydrogens is 294 g/mol. The summed E-state index contributed by atoms with van der Waals surface area (Å²) in [5.74, 6) is 1.15. The summed E-state index contributed by atoms with van der Waals surface area (Å²) >= 11 is 1.88. The fourth-order valence-electron chi connectivity index (χ4n) is 2.71. The van der Waals surface area contributed by atoms with Crippen molar-refractivity contribution >= 4 is 23.4 Å². The van der Waals surface area contributed by atoms with E-state index in [-0.39, 0.29) is 5.91 Å². The van der Waals surface area contributed by atoms with Crippen LogP contribution in [0.25, 0.3) is 0 Å². The van der Waals surface area contributed by atoms with Gasteiger partial charge in [0.1, 0.15) is 0 Å². The molecule has 0 unspecified atom stereocenters. The second kappa shape index (κ2) is 8.44. The third-order valence-electron chi connectivity index (χ3n) is 4.17. The minimum Gasteiger partial charge on any atom is -0.370 e. The molecule has 1 aromatic carbocycles. The predicted octanol–water partition coefficient (Wildman–Crippen LogP) is 2.69. The number of hydrogen-bond donors (Lipinski definition) is 1. The molecule has 2 rings (SSSR count). The Bertz CT molecular complexity index is 503. The quantitative estimate of drug-likeness (QED) is 0.837. The van der Waals surface area contributed by atoms with Gasteiger partial charge in [0.2, 0.25) is 0 Å². The van der Waals surface area contributed by atoms with Gasteiger partial charge in [-0.1, -0.05) is 13.8 Å². The standard InChI is InChI=1S/C17H27N3OS/c1-4-19(5-2)10-9-18-17(21)14-7-8-16-15(13-14)20(6-3)11-12-22-16/h7-8,13H,4-6,9-12H2,1-3H3,(H,18,21). The lowest BCUT2D eigenvalue weighted by molar-refractivity contribution is 0.0949. The van der Waals surface area contributed by atoms with Crippen LogP contribution in [0.2, 0.25) is 0 Å². The first-order valence-corrected chi connectivity index (χ1v) is 9.20. The van der Waals surface area contributed by atoms with Gasteiger partial charge in [0.25, 0.3) is 5.91 Å². The molecule has 0 aromatic heterocycles. The number of nitrogens with zero attached hydrogens (tertiary/aromatic N) is 2. The lowest BCUT2D eigenvalue weighted by Gasteiger charge is -2.30. The summed E-state index contributed by atoms with van der Waals surface area (Å²) in [6, 6.07) is 6.07. The van der Waals surface area contributed by atoms with Crippen molar-refractivity contribution in [2.75, 3.05) is 49.9 Å². The van der Waals surface area contributed by atoms with Crippen molar-refractivity contribution in [1.82, 2.24) is 10.2 Å². The Morgan fingerprint density at radius 2 is 2.09 bits per heavy atom. The zero-order chi connectivity index (χ0) is 15.9. The third kappa shape index (κ3) is 4.17. The van der Waals surface area contributed by atoms with Gasteiger partial charge in [-0.15, -0.1) is 11.8 Å². The molecule has 1 aliphatic heterocycles. The summed E-state index contributed by atoms with van der Waals surface area (Å²) in [6.07, 6.45) is 0. The fraction of sp³-hybridized carbons (Fsp3) is 0.588. The van der Waals surface area contributed by atoms with Crippen LogP contribution in [0.3, 0.4) is 0 Å². The van der Waals surface area contributed by atoms with Crippen molar-refractivity contribution < 1.29 is 4.79 Å². The van der Waals surface area contributed by atoms with Gasteiger partial charge < -0.3 is 15.1 Å². The number of likely N-dealkylation sites (N-methyl/N-ethyl adjacent to an activating group) is 1. The van der Waals surface area contributed by atoms with Gasteiger partial charge in [-0.05, 0) is 38.2 Å². The summed E-state index contributed by atoms with van der Waals surface area (Å²) in [6.45, 7) is 12.1. The molecule has 0 radical (unpaired) electrons. The van der Waals surface area contributed by atoms with E-state index in [4.69, 9.17) is 0 Å². The Hall–Kier alpha value is -1.20. The van der Waals surface area contributed by atoms with Crippen LogP contribution in [0.5, 0.6) is 0 Å². The Kier molecular flexibility index (Phi) is 6.58. The number of thioether (sulfide) groups is 1. The molecule has 0 saturated carbocycles. The second-order valence-electron chi connectivity index (χ2n) is 5.39. The van der Waals surface area contributed by atoms with E-state index in [9.17, 15) is 4.79 Å². The van der Waals surface area contributed by atoms with E-state index >= 15 is 0 Å². The molecule has 1 heterocycles. The molecule has 1 aromatic rings. The Balaban J connectivity index is 1.98. The van der Waals surface area contributed by atoms with Crippen LogP contribution < -0.4 is 10.2 Å². The van der Waals surface area contributed by atoms with E-state index in [0.29, 0.717) is 6.54 Å². The monoisotopic (exact) mass is 321 g/mol. The van der Waals surface area contributed by atoms with Crippen LogP contribution in [-0.4, -0.2) is 55.8 Å². The van der Waals surface area contributed by atoms with Crippen LogP contribution >= 0.6 is 11.8 Å². The zero-order valence-corrected chi connectivity index (χ0v) is 14.7. The maximum atomic E-state index is 12.3. The average molecular weight is 321 g/mol. The van der Waals surface area contributed by atoms with E-state index in [1.165, 1.54) is 10.6 Å². The Morgan fingerprint density at radius 1 is 1.32 bits per heavy atom. The first kappa shape index (κ1) is 17.2. The maximum Gasteiger partial charge on any atom is 0.251 e. The van der Waals surface area contributed by atoms with Gasteiger partial charge in [-0.2, -0.15) is 0 Å². The number of hydrogen-bond acceptors (Lipinski definition) is 4. The number of carbonyl (C=O) groups excluding carboxylic acids is 1. The van der Waals surface area contributed by atoms with Crippen molar-refractivity contribution in [3.8, 4) is 0 Å². The summed E-state index contributed by atoms with van der Waals surface area (Å²) in [4.78, 5) is 18.3. The predicted molar refractivity (Wildman–Crippen MR) is 95.2 cm³/mol. The minimum absolute atomic E-state index is 0.0292. The largest absolute Gasteiger partial charge is 0.370 e. The highest BCUT2D eigenvalue weighted by atomic mass is 32.2. The highest BCUT2D eigenvalue weighted by Gasteiger charge is 2.18. The molecular formula is C17H27N3OS. The molecule has 1 aliphatic rings. The average Bonchev–Trinajstić information content (AvgIpc) is 2.57. The lowest BCUT2D eigenvalue weighted by Crippen LogP contribution is -2.35. The van der Waals surface area contributed by atoms with Gasteiger partial charge in [0, 0.05) is 42.4 Å². The first-order chi connectivity index (χ1) is 10.7. The van der Waals surface area contributed by atoms with E-state index < -0.39 is 0 Å². The van der Waals surface area contributed by atoms with Crippen LogP contribution in [-0.2, 0) is 0 Å². The molecule has 4 nitrogen and oxygen atoms in total. The lowest BCUT2D eigenvalue weighted by atomic mass is 10.1. The number of nitrogens with one attached hydrogen (secondary N) is 1. The number of benzene rings is 1. The fourth-order valence-corrected chi connectivity index (χ4v) is 3.74. The van der Waals surface area contributed by atoms with Gasteiger partial charge >= 0.3 is 0 Å². The molecule has 0 bridgehead atoms. The number of fused-ring (bicyclic) bond motifs is 1. The summed E-state index contributed by atoms with van der Waals surface area (Å²) in [5, 5.41) is 3.03. The van der Waals surface area contributed by atoms with Gasteiger partial charge in [-0.25, -0.2) is 0 Å². The second-order valence-corrected chi connectivity index (χ2v) is 6.53. The third-order valence-corrected chi connectivity index (χ3v) is 5.21. The molecule has 0 saturated heterocycles. The van der Waals surface area contributed by atoms with Crippen LogP contribution in [0.15, 0.2) is 23.1 Å². The molecule has 0 fully saturated rings. The highest BCUT2D eigenvalue weighted by Crippen LogP contribution is 2.35. The molecule has 1 N–H and O–H groups in total. The van der Waals surface area contributed by atoms with Crippen molar-refractivity contribution in [3.63, 3.8) is 0 Å². The van der Waals surface area contributed by atoms with Crippen molar-refractivity contribution in [1.29, 1.82) is 0 Å². The van der Waals surface area contributed by atoms with Crippen LogP contribution in [0, 0.1) is 0 Å². The zero-order valence-electron chi connectivity index (χ0n) is 13.9. The molecule has 122 valence electrons. The topological polar surface area (TPSA) is 35.6 Å². The summed E-state index contributed by atoms with van der Waals surface area (Å²) < 4.78 is 0. The van der Waals surface area contributed by atoms with Crippen molar-refractivity contribution in [3.05, 3.63) is 23.8 Å². The first-order valence-electron chi connectivity index (χ1n) is 8.21. The smallest absolute Gasteiger partial charge is 0.251 e. The molecule has 0 aliphatic carbocycles. The van der Waals surface area contributed by atoms with Gasteiger partial charge in [0.05, 0.1) is 5.69 Å². The van der Waals surface area contributed by atoms with E-state index in [2.05, 4.69) is 42.0 Å². The highest BCUT2D eigenvalue weighted by molar-refractivity contribution is 7.99. The SMILES string of the molecule is CCN(CC)CCNC(=O)c1ccc2c(c1)N(CC)CCS2. The molecule has 5 heteroatoms. The molecule has 22 heavy (non-hydrogen) atoms. The number of amides is 1. The number of rotatable bonds is 7. The minimum atomic E-state index is 0.0292. The normalized spacial score (nSPS) is 14.1. The van der Waals surface area contributed by atoms with Crippen molar-refractivity contribution in [2.45, 2.75) is 25.7 Å². The molecule has 0 spiro atoms. The summed E-state index contributed by atoms with van der Waals surface area (Å²) in [5.41, 5.74) is 1.97.